The molecule has 0 amide bonds. The lowest BCUT2D eigenvalue weighted by atomic mass is 10.2. The molecule has 0 spiro atoms. The molecule has 0 unspecified atom stereocenters. The summed E-state index contributed by atoms with van der Waals surface area (Å²) in [6, 6.07) is 8.77. The maximum atomic E-state index is 13.4. The molecule has 2 aromatic rings. The van der Waals surface area contributed by atoms with Crippen LogP contribution in [0.1, 0.15) is 5.56 Å². The molecule has 0 heterocycles. The highest BCUT2D eigenvalue weighted by Gasteiger charge is 2.09. The van der Waals surface area contributed by atoms with Gasteiger partial charge in [0.25, 0.3) is 5.69 Å². The minimum Gasteiger partial charge on any atom is -0.397 e. The van der Waals surface area contributed by atoms with Gasteiger partial charge in [-0.1, -0.05) is 6.07 Å². The second-order valence-corrected chi connectivity index (χ2v) is 4.12. The number of nitro groups is 1. The third-order valence-electron chi connectivity index (χ3n) is 2.70. The van der Waals surface area contributed by atoms with Gasteiger partial charge < -0.3 is 11.1 Å². The first-order valence-corrected chi connectivity index (χ1v) is 5.54. The summed E-state index contributed by atoms with van der Waals surface area (Å²) in [6.45, 7) is 1.67. The fraction of sp³-hybridized carbons (Fsp3) is 0.0769. The molecular weight excluding hydrogens is 249 g/mol. The van der Waals surface area contributed by atoms with E-state index in [-0.39, 0.29) is 17.2 Å². The second kappa shape index (κ2) is 4.93. The fourth-order valence-corrected chi connectivity index (χ4v) is 1.60. The van der Waals surface area contributed by atoms with Gasteiger partial charge in [-0.2, -0.15) is 0 Å². The molecule has 98 valence electrons. The number of benzene rings is 2. The van der Waals surface area contributed by atoms with Gasteiger partial charge in [0, 0.05) is 17.8 Å². The van der Waals surface area contributed by atoms with Crippen LogP contribution in [0.2, 0.25) is 0 Å². The van der Waals surface area contributed by atoms with Crippen LogP contribution in [0, 0.1) is 22.9 Å². The van der Waals surface area contributed by atoms with Gasteiger partial charge in [-0.15, -0.1) is 0 Å². The summed E-state index contributed by atoms with van der Waals surface area (Å²) >= 11 is 0. The normalized spacial score (nSPS) is 10.2. The summed E-state index contributed by atoms with van der Waals surface area (Å²) in [7, 11) is 0. The summed E-state index contributed by atoms with van der Waals surface area (Å²) < 4.78 is 13.4. The van der Waals surface area contributed by atoms with E-state index in [1.165, 1.54) is 24.3 Å². The third kappa shape index (κ3) is 2.79. The van der Waals surface area contributed by atoms with Crippen molar-refractivity contribution in [2.75, 3.05) is 11.1 Å². The average molecular weight is 261 g/mol. The SMILES string of the molecule is Cc1ccc(Nc2ccc([N+](=O)[O-])cc2N)cc1F. The highest BCUT2D eigenvalue weighted by Crippen LogP contribution is 2.27. The molecule has 0 saturated carbocycles. The molecule has 0 aliphatic carbocycles. The van der Waals surface area contributed by atoms with E-state index >= 15 is 0 Å². The number of nitrogens with one attached hydrogen (secondary N) is 1. The van der Waals surface area contributed by atoms with Crippen LogP contribution in [0.4, 0.5) is 27.1 Å². The van der Waals surface area contributed by atoms with Crippen LogP contribution in [0.3, 0.4) is 0 Å². The minimum absolute atomic E-state index is 0.0851. The number of hydrogen-bond acceptors (Lipinski definition) is 4. The van der Waals surface area contributed by atoms with Crippen molar-refractivity contribution in [2.24, 2.45) is 0 Å². The zero-order valence-corrected chi connectivity index (χ0v) is 10.2. The maximum Gasteiger partial charge on any atom is 0.271 e. The number of nitrogens with zero attached hydrogens (tertiary/aromatic N) is 1. The van der Waals surface area contributed by atoms with E-state index < -0.39 is 4.92 Å². The molecule has 0 bridgehead atoms. The first-order chi connectivity index (χ1) is 8.97. The number of nitro benzene ring substituents is 1. The zero-order chi connectivity index (χ0) is 14.0. The molecule has 0 saturated heterocycles. The van der Waals surface area contributed by atoms with Gasteiger partial charge in [0.05, 0.1) is 16.3 Å². The number of nitrogen functional groups attached to an aromatic ring is 1. The van der Waals surface area contributed by atoms with Crippen LogP contribution >= 0.6 is 0 Å². The maximum absolute atomic E-state index is 13.4. The van der Waals surface area contributed by atoms with Crippen molar-refractivity contribution in [1.29, 1.82) is 0 Å². The number of halogens is 1. The van der Waals surface area contributed by atoms with Crippen molar-refractivity contribution < 1.29 is 9.31 Å². The number of anilines is 3. The van der Waals surface area contributed by atoms with Crippen LogP contribution in [0.15, 0.2) is 36.4 Å². The Morgan fingerprint density at radius 2 is 2.00 bits per heavy atom. The quantitative estimate of drug-likeness (QED) is 0.504. The summed E-state index contributed by atoms with van der Waals surface area (Å²) in [5.74, 6) is -0.328. The Balaban J connectivity index is 2.28. The number of aryl methyl sites for hydroxylation is 1. The average Bonchev–Trinajstić information content (AvgIpc) is 2.36. The molecule has 0 aromatic heterocycles. The Bertz CT molecular complexity index is 644. The monoisotopic (exact) mass is 261 g/mol. The fourth-order valence-electron chi connectivity index (χ4n) is 1.60. The van der Waals surface area contributed by atoms with Crippen molar-refractivity contribution in [3.8, 4) is 0 Å². The summed E-state index contributed by atoms with van der Waals surface area (Å²) in [5.41, 5.74) is 7.43. The second-order valence-electron chi connectivity index (χ2n) is 4.12. The Kier molecular flexibility index (Phi) is 3.33. The van der Waals surface area contributed by atoms with Crippen LogP contribution in [-0.4, -0.2) is 4.92 Å². The van der Waals surface area contributed by atoms with E-state index in [1.54, 1.807) is 19.1 Å². The Morgan fingerprint density at radius 1 is 1.26 bits per heavy atom. The largest absolute Gasteiger partial charge is 0.397 e. The van der Waals surface area contributed by atoms with Crippen molar-refractivity contribution in [3.05, 3.63) is 57.9 Å². The zero-order valence-electron chi connectivity index (χ0n) is 10.2. The number of hydrogen-bond donors (Lipinski definition) is 2. The van der Waals surface area contributed by atoms with Gasteiger partial charge in [0.1, 0.15) is 5.82 Å². The van der Waals surface area contributed by atoms with E-state index in [1.807, 2.05) is 0 Å². The van der Waals surface area contributed by atoms with Gasteiger partial charge in [-0.25, -0.2) is 4.39 Å². The molecule has 3 N–H and O–H groups in total. The molecular formula is C13H12FN3O2. The van der Waals surface area contributed by atoms with E-state index in [0.29, 0.717) is 16.9 Å². The first kappa shape index (κ1) is 12.8. The Labute approximate surface area is 109 Å². The number of rotatable bonds is 3. The molecule has 19 heavy (non-hydrogen) atoms. The lowest BCUT2D eigenvalue weighted by Crippen LogP contribution is -1.98. The first-order valence-electron chi connectivity index (χ1n) is 5.54. The molecule has 0 atom stereocenters. The van der Waals surface area contributed by atoms with Gasteiger partial charge >= 0.3 is 0 Å². The van der Waals surface area contributed by atoms with E-state index in [9.17, 15) is 14.5 Å². The predicted molar refractivity (Wildman–Crippen MR) is 71.9 cm³/mol. The minimum atomic E-state index is -0.522. The Morgan fingerprint density at radius 3 is 2.58 bits per heavy atom. The molecule has 5 nitrogen and oxygen atoms in total. The van der Waals surface area contributed by atoms with Crippen LogP contribution in [0.25, 0.3) is 0 Å². The number of nitrogens with two attached hydrogens (primary N) is 1. The smallest absolute Gasteiger partial charge is 0.271 e. The van der Waals surface area contributed by atoms with Gasteiger partial charge in [0.2, 0.25) is 0 Å². The van der Waals surface area contributed by atoms with E-state index in [0.717, 1.165) is 0 Å². The summed E-state index contributed by atoms with van der Waals surface area (Å²) in [6.07, 6.45) is 0. The standard InChI is InChI=1S/C13H12FN3O2/c1-8-2-3-9(6-11(8)14)16-13-5-4-10(17(18)19)7-12(13)15/h2-7,16H,15H2,1H3. The van der Waals surface area contributed by atoms with E-state index in [2.05, 4.69) is 5.32 Å². The lowest BCUT2D eigenvalue weighted by molar-refractivity contribution is -0.384. The lowest BCUT2D eigenvalue weighted by Gasteiger charge is -2.09. The van der Waals surface area contributed by atoms with E-state index in [4.69, 9.17) is 5.73 Å². The Hall–Kier alpha value is -2.63. The van der Waals surface area contributed by atoms with Gasteiger partial charge in [-0.05, 0) is 30.7 Å². The number of non-ortho nitro benzene ring substituents is 1. The molecule has 0 aliphatic rings. The highest BCUT2D eigenvalue weighted by atomic mass is 19.1. The van der Waals surface area contributed by atoms with Gasteiger partial charge in [-0.3, -0.25) is 10.1 Å². The molecule has 2 rings (SSSR count). The molecule has 6 heteroatoms. The van der Waals surface area contributed by atoms with Crippen molar-refractivity contribution in [3.63, 3.8) is 0 Å². The van der Waals surface area contributed by atoms with Crippen molar-refractivity contribution in [2.45, 2.75) is 6.92 Å². The highest BCUT2D eigenvalue weighted by molar-refractivity contribution is 5.74. The summed E-state index contributed by atoms with van der Waals surface area (Å²) in [4.78, 5) is 10.1. The third-order valence-corrected chi connectivity index (χ3v) is 2.70. The molecule has 0 aliphatic heterocycles. The molecule has 2 aromatic carbocycles. The van der Waals surface area contributed by atoms with Crippen LogP contribution in [-0.2, 0) is 0 Å². The summed E-state index contributed by atoms with van der Waals surface area (Å²) in [5, 5.41) is 13.5. The van der Waals surface area contributed by atoms with Crippen LogP contribution < -0.4 is 11.1 Å². The van der Waals surface area contributed by atoms with Crippen LogP contribution in [0.5, 0.6) is 0 Å². The molecule has 0 fully saturated rings. The van der Waals surface area contributed by atoms with Crippen molar-refractivity contribution >= 4 is 22.7 Å². The van der Waals surface area contributed by atoms with Crippen molar-refractivity contribution in [1.82, 2.24) is 0 Å². The predicted octanol–water partition coefficient (Wildman–Crippen LogP) is 3.37. The van der Waals surface area contributed by atoms with Gasteiger partial charge in [0.15, 0.2) is 0 Å². The topological polar surface area (TPSA) is 81.2 Å². The molecule has 0 radical (unpaired) electrons.